The number of hydrogen-bond acceptors (Lipinski definition) is 2. The third kappa shape index (κ3) is 4.65. The highest BCUT2D eigenvalue weighted by Gasteiger charge is 2.26. The first-order valence-corrected chi connectivity index (χ1v) is 9.19. The van der Waals surface area contributed by atoms with Crippen LogP contribution in [0.5, 0.6) is 0 Å². The average molecular weight is 411 g/mol. The quantitative estimate of drug-likeness (QED) is 0.781. The lowest BCUT2D eigenvalue weighted by atomic mass is 10.0. The van der Waals surface area contributed by atoms with Crippen molar-refractivity contribution in [2.45, 2.75) is 25.3 Å². The Kier molecular flexibility index (Phi) is 6.24. The molecule has 0 unspecified atom stereocenters. The zero-order chi connectivity index (χ0) is 20.3. The van der Waals surface area contributed by atoms with Gasteiger partial charge in [0.2, 0.25) is 5.91 Å². The van der Waals surface area contributed by atoms with Crippen LogP contribution in [0.1, 0.15) is 28.8 Å². The fourth-order valence-electron chi connectivity index (χ4n) is 3.13. The molecule has 1 saturated heterocycles. The lowest BCUT2D eigenvalue weighted by Crippen LogP contribution is -2.47. The van der Waals surface area contributed by atoms with Crippen LogP contribution in [0.4, 0.5) is 13.2 Å². The summed E-state index contributed by atoms with van der Waals surface area (Å²) in [4.78, 5) is 26.2. The highest BCUT2D eigenvalue weighted by atomic mass is 35.5. The minimum absolute atomic E-state index is 0.0289. The number of nitrogens with zero attached hydrogens (tertiary/aromatic N) is 1. The summed E-state index contributed by atoms with van der Waals surface area (Å²) in [5.74, 6) is -5.36. The van der Waals surface area contributed by atoms with Crippen molar-refractivity contribution in [3.05, 3.63) is 70.0 Å². The Balaban J connectivity index is 1.52. The number of halogens is 4. The molecule has 1 aliphatic heterocycles. The summed E-state index contributed by atoms with van der Waals surface area (Å²) < 4.78 is 40.0. The van der Waals surface area contributed by atoms with Gasteiger partial charge in [-0.25, -0.2) is 13.2 Å². The summed E-state index contributed by atoms with van der Waals surface area (Å²) in [6.07, 6.45) is 1.24. The van der Waals surface area contributed by atoms with Crippen molar-refractivity contribution in [3.8, 4) is 0 Å². The first-order chi connectivity index (χ1) is 13.3. The topological polar surface area (TPSA) is 49.4 Å². The minimum Gasteiger partial charge on any atom is -0.349 e. The van der Waals surface area contributed by atoms with Gasteiger partial charge in [-0.05, 0) is 42.7 Å². The molecule has 1 fully saturated rings. The lowest BCUT2D eigenvalue weighted by Gasteiger charge is -2.32. The number of piperidine rings is 1. The molecule has 0 saturated carbocycles. The smallest absolute Gasteiger partial charge is 0.254 e. The maximum absolute atomic E-state index is 13.7. The van der Waals surface area contributed by atoms with E-state index in [0.29, 0.717) is 37.0 Å². The SMILES string of the molecule is O=C(NC1CCN(C(=O)Cc2ccc(Cl)cc2)CC1)c1ccc(F)c(F)c1F. The van der Waals surface area contributed by atoms with Gasteiger partial charge < -0.3 is 10.2 Å². The van der Waals surface area contributed by atoms with Crippen LogP contribution in [0, 0.1) is 17.5 Å². The van der Waals surface area contributed by atoms with Gasteiger partial charge in [0.25, 0.3) is 5.91 Å². The van der Waals surface area contributed by atoms with Gasteiger partial charge in [-0.3, -0.25) is 9.59 Å². The van der Waals surface area contributed by atoms with E-state index in [0.717, 1.165) is 11.6 Å². The maximum atomic E-state index is 13.7. The van der Waals surface area contributed by atoms with E-state index in [4.69, 9.17) is 11.6 Å². The van der Waals surface area contributed by atoms with Gasteiger partial charge in [0, 0.05) is 24.2 Å². The molecule has 0 bridgehead atoms. The fourth-order valence-corrected chi connectivity index (χ4v) is 3.25. The summed E-state index contributed by atoms with van der Waals surface area (Å²) in [7, 11) is 0. The molecular formula is C20H18ClF3N2O2. The van der Waals surface area contributed by atoms with E-state index in [1.807, 2.05) is 0 Å². The molecule has 2 aromatic rings. The Morgan fingerprint density at radius 1 is 1.00 bits per heavy atom. The summed E-state index contributed by atoms with van der Waals surface area (Å²) >= 11 is 5.83. The molecule has 2 aromatic carbocycles. The fraction of sp³-hybridized carbons (Fsp3) is 0.300. The van der Waals surface area contributed by atoms with E-state index < -0.39 is 28.9 Å². The third-order valence-corrected chi connectivity index (χ3v) is 4.98. The Labute approximate surface area is 165 Å². The molecule has 4 nitrogen and oxygen atoms in total. The van der Waals surface area contributed by atoms with Crippen molar-refractivity contribution in [1.29, 1.82) is 0 Å². The number of benzene rings is 2. The number of amides is 2. The Hall–Kier alpha value is -2.54. The predicted octanol–water partition coefficient (Wildman–Crippen LogP) is 3.72. The Morgan fingerprint density at radius 2 is 1.64 bits per heavy atom. The number of carbonyl (C=O) groups excluding carboxylic acids is 2. The maximum Gasteiger partial charge on any atom is 0.254 e. The molecule has 0 radical (unpaired) electrons. The largest absolute Gasteiger partial charge is 0.349 e. The summed E-state index contributed by atoms with van der Waals surface area (Å²) in [6, 6.07) is 8.39. The lowest BCUT2D eigenvalue weighted by molar-refractivity contribution is -0.131. The normalized spacial score (nSPS) is 14.8. The average Bonchev–Trinajstić information content (AvgIpc) is 2.68. The molecule has 0 atom stereocenters. The second-order valence-corrected chi connectivity index (χ2v) is 7.09. The van der Waals surface area contributed by atoms with Crippen LogP contribution < -0.4 is 5.32 Å². The molecule has 1 aliphatic rings. The van der Waals surface area contributed by atoms with Crippen LogP contribution in [0.15, 0.2) is 36.4 Å². The first-order valence-electron chi connectivity index (χ1n) is 8.81. The van der Waals surface area contributed by atoms with Crippen molar-refractivity contribution >= 4 is 23.4 Å². The summed E-state index contributed by atoms with van der Waals surface area (Å²) in [6.45, 7) is 0.884. The highest BCUT2D eigenvalue weighted by molar-refractivity contribution is 6.30. The van der Waals surface area contributed by atoms with Crippen LogP contribution in [-0.4, -0.2) is 35.8 Å². The summed E-state index contributed by atoms with van der Waals surface area (Å²) in [5.41, 5.74) is 0.318. The molecule has 8 heteroatoms. The molecular weight excluding hydrogens is 393 g/mol. The molecule has 1 N–H and O–H groups in total. The second-order valence-electron chi connectivity index (χ2n) is 6.65. The number of hydrogen-bond donors (Lipinski definition) is 1. The molecule has 0 aliphatic carbocycles. The number of rotatable bonds is 4. The van der Waals surface area contributed by atoms with E-state index in [1.54, 1.807) is 29.2 Å². The van der Waals surface area contributed by atoms with Gasteiger partial charge >= 0.3 is 0 Å². The monoisotopic (exact) mass is 410 g/mol. The minimum atomic E-state index is -1.67. The van der Waals surface area contributed by atoms with Gasteiger partial charge in [0.15, 0.2) is 17.5 Å². The highest BCUT2D eigenvalue weighted by Crippen LogP contribution is 2.18. The molecule has 0 spiro atoms. The van der Waals surface area contributed by atoms with Gasteiger partial charge in [-0.1, -0.05) is 23.7 Å². The van der Waals surface area contributed by atoms with Crippen LogP contribution >= 0.6 is 11.6 Å². The number of likely N-dealkylation sites (tertiary alicyclic amines) is 1. The molecule has 0 aromatic heterocycles. The van der Waals surface area contributed by atoms with E-state index >= 15 is 0 Å². The van der Waals surface area contributed by atoms with E-state index in [1.165, 1.54) is 0 Å². The number of carbonyl (C=O) groups is 2. The van der Waals surface area contributed by atoms with E-state index in [-0.39, 0.29) is 18.4 Å². The van der Waals surface area contributed by atoms with Gasteiger partial charge in [-0.15, -0.1) is 0 Å². The van der Waals surface area contributed by atoms with E-state index in [9.17, 15) is 22.8 Å². The van der Waals surface area contributed by atoms with Gasteiger partial charge in [0.05, 0.1) is 12.0 Å². The van der Waals surface area contributed by atoms with Crippen molar-refractivity contribution in [1.82, 2.24) is 10.2 Å². The van der Waals surface area contributed by atoms with E-state index in [2.05, 4.69) is 5.32 Å². The van der Waals surface area contributed by atoms with Crippen molar-refractivity contribution in [3.63, 3.8) is 0 Å². The van der Waals surface area contributed by atoms with Crippen molar-refractivity contribution < 1.29 is 22.8 Å². The zero-order valence-electron chi connectivity index (χ0n) is 14.9. The summed E-state index contributed by atoms with van der Waals surface area (Å²) in [5, 5.41) is 3.22. The van der Waals surface area contributed by atoms with Crippen molar-refractivity contribution in [2.24, 2.45) is 0 Å². The zero-order valence-corrected chi connectivity index (χ0v) is 15.6. The van der Waals surface area contributed by atoms with Crippen molar-refractivity contribution in [2.75, 3.05) is 13.1 Å². The molecule has 148 valence electrons. The standard InChI is InChI=1S/C20H18ClF3N2O2/c21-13-3-1-12(2-4-13)11-17(27)26-9-7-14(8-10-26)25-20(28)15-5-6-16(22)19(24)18(15)23/h1-6,14H,7-11H2,(H,25,28). The molecule has 2 amide bonds. The molecule has 1 heterocycles. The predicted molar refractivity (Wildman–Crippen MR) is 98.5 cm³/mol. The van der Waals surface area contributed by atoms with Crippen LogP contribution in [0.2, 0.25) is 5.02 Å². The van der Waals surface area contributed by atoms with Crippen LogP contribution in [-0.2, 0) is 11.2 Å². The number of nitrogens with one attached hydrogen (secondary N) is 1. The van der Waals surface area contributed by atoms with Crippen LogP contribution in [0.3, 0.4) is 0 Å². The second kappa shape index (κ2) is 8.65. The third-order valence-electron chi connectivity index (χ3n) is 4.73. The Morgan fingerprint density at radius 3 is 2.29 bits per heavy atom. The first kappa shape index (κ1) is 20.2. The Bertz CT molecular complexity index is 882. The van der Waals surface area contributed by atoms with Gasteiger partial charge in [-0.2, -0.15) is 0 Å². The van der Waals surface area contributed by atoms with Gasteiger partial charge in [0.1, 0.15) is 0 Å². The molecule has 3 rings (SSSR count). The van der Waals surface area contributed by atoms with Crippen LogP contribution in [0.25, 0.3) is 0 Å². The molecule has 28 heavy (non-hydrogen) atoms.